The van der Waals surface area contributed by atoms with Crippen molar-refractivity contribution >= 4 is 5.97 Å². The fourth-order valence-corrected chi connectivity index (χ4v) is 15.2. The Morgan fingerprint density at radius 3 is 1.82 bits per heavy atom. The molecule has 5 aliphatic carbocycles. The van der Waals surface area contributed by atoms with Crippen molar-refractivity contribution < 1.29 is 94.5 Å². The van der Waals surface area contributed by atoms with Gasteiger partial charge in [0.1, 0.15) is 67.1 Å². The van der Waals surface area contributed by atoms with E-state index < -0.39 is 123 Å². The molecule has 0 amide bonds. The summed E-state index contributed by atoms with van der Waals surface area (Å²) in [6, 6.07) is 0. The summed E-state index contributed by atoms with van der Waals surface area (Å²) < 4.78 is 36.0. The van der Waals surface area contributed by atoms with Gasteiger partial charge in [-0.2, -0.15) is 0 Å². The third-order valence-corrected chi connectivity index (χ3v) is 19.5. The molecule has 19 nitrogen and oxygen atoms in total. The first kappa shape index (κ1) is 51.9. The molecule has 0 aromatic carbocycles. The second kappa shape index (κ2) is 18.2. The maximum Gasteiger partial charge on any atom is 0.335 e. The molecule has 0 bridgehead atoms. The molecule has 8 rings (SSSR count). The summed E-state index contributed by atoms with van der Waals surface area (Å²) >= 11 is 0. The number of ether oxygens (including phenoxy) is 6. The molecule has 0 radical (unpaired) electrons. The molecule has 384 valence electrons. The molecule has 3 heterocycles. The van der Waals surface area contributed by atoms with Gasteiger partial charge in [-0.3, -0.25) is 0 Å². The van der Waals surface area contributed by atoms with Crippen LogP contribution in [0, 0.1) is 50.2 Å². The number of fused-ring (bicyclic) bond motifs is 7. The molecule has 67 heavy (non-hydrogen) atoms. The minimum absolute atomic E-state index is 0.00861. The SMILES string of the molecule is CC1(C)C[C@@H](O)[C@]2(C)CC[C@]3(C)C(=CC[C@@H]4[C@@]5(C)CC[C@H](O[C@@H]6O[C@@H](C(=O)O)[C@@H](O)[C@H](O)[C@@H]6O[C@@H]6O[C@H](CO)[C@@H](O)[C@H](O)[C@@H]6O[C@@H]6O[C@H](CO)[C@H](O)[C@H](O)[C@@H]6O)[C@@](C)(CO)[C@H]5CC[C@]43C)[C@H]2C1. The summed E-state index contributed by atoms with van der Waals surface area (Å²) in [5, 5.41) is 130. The second-order valence-corrected chi connectivity index (χ2v) is 23.6. The first-order valence-corrected chi connectivity index (χ1v) is 24.4. The van der Waals surface area contributed by atoms with Crippen LogP contribution in [0.4, 0.5) is 0 Å². The van der Waals surface area contributed by atoms with Gasteiger partial charge in [0, 0.05) is 10.8 Å². The molecule has 19 heteroatoms. The van der Waals surface area contributed by atoms with E-state index in [2.05, 4.69) is 47.6 Å². The number of aliphatic hydroxyl groups is 11. The minimum atomic E-state index is -2.10. The van der Waals surface area contributed by atoms with E-state index in [0.717, 1.165) is 44.9 Å². The van der Waals surface area contributed by atoms with Crippen molar-refractivity contribution in [2.24, 2.45) is 50.2 Å². The third kappa shape index (κ3) is 8.10. The van der Waals surface area contributed by atoms with E-state index in [1.54, 1.807) is 0 Å². The molecule has 25 atom stereocenters. The van der Waals surface area contributed by atoms with Gasteiger partial charge in [-0.15, -0.1) is 0 Å². The predicted octanol–water partition coefficient (Wildman–Crippen LogP) is -0.323. The number of hydrogen-bond donors (Lipinski definition) is 12. The van der Waals surface area contributed by atoms with Crippen molar-refractivity contribution in [3.8, 4) is 0 Å². The van der Waals surface area contributed by atoms with Gasteiger partial charge < -0.3 is 89.7 Å². The molecular formula is C48H78O19. The molecule has 12 N–H and O–H groups in total. The average Bonchev–Trinajstić information content (AvgIpc) is 3.27. The number of carboxylic acids is 1. The summed E-state index contributed by atoms with van der Waals surface area (Å²) in [7, 11) is 0. The smallest absolute Gasteiger partial charge is 0.335 e. The molecule has 7 fully saturated rings. The number of hydrogen-bond acceptors (Lipinski definition) is 18. The Morgan fingerprint density at radius 2 is 1.21 bits per heavy atom. The number of allylic oxidation sites excluding steroid dienone is 2. The second-order valence-electron chi connectivity index (χ2n) is 23.6. The monoisotopic (exact) mass is 959 g/mol. The van der Waals surface area contributed by atoms with Crippen molar-refractivity contribution in [2.45, 2.75) is 211 Å². The van der Waals surface area contributed by atoms with E-state index in [9.17, 15) is 66.1 Å². The zero-order valence-electron chi connectivity index (χ0n) is 39.8. The zero-order chi connectivity index (χ0) is 49.1. The van der Waals surface area contributed by atoms with E-state index in [1.165, 1.54) is 5.57 Å². The predicted molar refractivity (Wildman–Crippen MR) is 232 cm³/mol. The summed E-state index contributed by atoms with van der Waals surface area (Å²) in [5.74, 6) is -1.22. The molecule has 3 aliphatic heterocycles. The largest absolute Gasteiger partial charge is 0.479 e. The Kier molecular flexibility index (Phi) is 14.1. The Hall–Kier alpha value is -1.47. The lowest BCUT2D eigenvalue weighted by Crippen LogP contribution is -2.68. The molecular weight excluding hydrogens is 881 g/mol. The quantitative estimate of drug-likeness (QED) is 0.0986. The van der Waals surface area contributed by atoms with Crippen LogP contribution in [0.3, 0.4) is 0 Å². The van der Waals surface area contributed by atoms with Gasteiger partial charge >= 0.3 is 5.97 Å². The molecule has 0 spiro atoms. The van der Waals surface area contributed by atoms with Crippen molar-refractivity contribution in [3.05, 3.63) is 11.6 Å². The highest BCUT2D eigenvalue weighted by atomic mass is 16.8. The van der Waals surface area contributed by atoms with Crippen molar-refractivity contribution in [2.75, 3.05) is 19.8 Å². The average molecular weight is 959 g/mol. The van der Waals surface area contributed by atoms with Crippen LogP contribution >= 0.6 is 0 Å². The van der Waals surface area contributed by atoms with Crippen LogP contribution < -0.4 is 0 Å². The van der Waals surface area contributed by atoms with Crippen molar-refractivity contribution in [3.63, 3.8) is 0 Å². The lowest BCUT2D eigenvalue weighted by Gasteiger charge is -2.72. The van der Waals surface area contributed by atoms with Crippen molar-refractivity contribution in [1.29, 1.82) is 0 Å². The molecule has 4 saturated carbocycles. The highest BCUT2D eigenvalue weighted by molar-refractivity contribution is 5.73. The van der Waals surface area contributed by atoms with Crippen LogP contribution in [0.2, 0.25) is 0 Å². The number of aliphatic carboxylic acids is 1. The van der Waals surface area contributed by atoms with Crippen LogP contribution in [-0.2, 0) is 33.2 Å². The van der Waals surface area contributed by atoms with Crippen LogP contribution in [0.1, 0.15) is 106 Å². The van der Waals surface area contributed by atoms with Gasteiger partial charge in [-0.05, 0) is 97.2 Å². The van der Waals surface area contributed by atoms with E-state index in [4.69, 9.17) is 28.4 Å². The van der Waals surface area contributed by atoms with Crippen molar-refractivity contribution in [1.82, 2.24) is 0 Å². The minimum Gasteiger partial charge on any atom is -0.479 e. The third-order valence-electron chi connectivity index (χ3n) is 19.5. The van der Waals surface area contributed by atoms with E-state index in [-0.39, 0.29) is 57.5 Å². The highest BCUT2D eigenvalue weighted by Crippen LogP contribution is 2.76. The zero-order valence-corrected chi connectivity index (χ0v) is 39.8. The van der Waals surface area contributed by atoms with Crippen LogP contribution in [0.25, 0.3) is 0 Å². The highest BCUT2D eigenvalue weighted by Gasteiger charge is 2.70. The molecule has 0 unspecified atom stereocenters. The fraction of sp³-hybridized carbons (Fsp3) is 0.938. The summed E-state index contributed by atoms with van der Waals surface area (Å²) in [5.41, 5.74) is -0.143. The van der Waals surface area contributed by atoms with Gasteiger partial charge in [0.15, 0.2) is 25.0 Å². The molecule has 0 aromatic heterocycles. The summed E-state index contributed by atoms with van der Waals surface area (Å²) in [6.07, 6.45) is -19.2. The normalized spacial score (nSPS) is 55.3. The fourth-order valence-electron chi connectivity index (χ4n) is 15.2. The Labute approximate surface area is 392 Å². The topological polar surface area (TPSA) is 315 Å². The Bertz CT molecular complexity index is 1830. The number of carbonyl (C=O) groups is 1. The first-order valence-electron chi connectivity index (χ1n) is 24.4. The van der Waals surface area contributed by atoms with Gasteiger partial charge in [-0.1, -0.05) is 60.1 Å². The van der Waals surface area contributed by atoms with Gasteiger partial charge in [0.2, 0.25) is 0 Å². The van der Waals surface area contributed by atoms with E-state index in [1.807, 2.05) is 6.92 Å². The first-order chi connectivity index (χ1) is 31.3. The molecule has 3 saturated heterocycles. The summed E-state index contributed by atoms with van der Waals surface area (Å²) in [4.78, 5) is 12.5. The number of carboxylic acid groups (broad SMARTS) is 1. The Morgan fingerprint density at radius 1 is 0.627 bits per heavy atom. The Balaban J connectivity index is 1.08. The lowest BCUT2D eigenvalue weighted by molar-refractivity contribution is -0.397. The standard InChI is InChI=1S/C48H78O19/c1-43(2)16-22-21-8-9-26-45(4)12-11-28(46(5,20-51)25(45)10-13-48(26,7)47(21,6)15-14-44(22,3)27(52)17-43)64-42-38(34(58)33(57)36(65-42)39(60)61)67-41-37(32(56)30(54)24(19-50)63-41)66-40-35(59)31(55)29(53)23(18-49)62-40/h8,22-38,40-42,49-59H,9-20H2,1-7H3,(H,60,61)/t22-,23-,24-,25+,26-,27-,28+,29+,30-,31+,32+,33+,34+,35+,36-,37+,38+,40+,41+,42-,44-,45+,46+,47-,48-/m1/s1. The number of rotatable bonds is 10. The number of aliphatic hydroxyl groups excluding tert-OH is 11. The lowest BCUT2D eigenvalue weighted by atomic mass is 9.33. The summed E-state index contributed by atoms with van der Waals surface area (Å²) in [6.45, 7) is 14.0. The van der Waals surface area contributed by atoms with Gasteiger partial charge in [0.25, 0.3) is 0 Å². The van der Waals surface area contributed by atoms with Gasteiger partial charge in [-0.25, -0.2) is 4.79 Å². The molecule has 0 aromatic rings. The van der Waals surface area contributed by atoms with E-state index >= 15 is 0 Å². The van der Waals surface area contributed by atoms with E-state index in [0.29, 0.717) is 12.8 Å². The van der Waals surface area contributed by atoms with Crippen LogP contribution in [0.5, 0.6) is 0 Å². The maximum atomic E-state index is 12.5. The van der Waals surface area contributed by atoms with Gasteiger partial charge in [0.05, 0.1) is 32.0 Å². The van der Waals surface area contributed by atoms with Crippen LogP contribution in [0.15, 0.2) is 11.6 Å². The maximum absolute atomic E-state index is 12.5. The molecule has 8 aliphatic rings. The van der Waals surface area contributed by atoms with Crippen LogP contribution in [-0.4, -0.2) is 191 Å².